The predicted molar refractivity (Wildman–Crippen MR) is 83.2 cm³/mol. The lowest BCUT2D eigenvalue weighted by Gasteiger charge is -2.02. The monoisotopic (exact) mass is 318 g/mol. The first-order valence-corrected chi connectivity index (χ1v) is 7.10. The van der Waals surface area contributed by atoms with Gasteiger partial charge in [-0.2, -0.15) is 0 Å². The molecular formula is C14H14N4O3S. The van der Waals surface area contributed by atoms with Crippen LogP contribution in [0.2, 0.25) is 0 Å². The van der Waals surface area contributed by atoms with Crippen molar-refractivity contribution in [1.29, 1.82) is 0 Å². The molecule has 0 aromatic carbocycles. The van der Waals surface area contributed by atoms with Crippen molar-refractivity contribution in [1.82, 2.24) is 20.6 Å². The van der Waals surface area contributed by atoms with Gasteiger partial charge in [-0.25, -0.2) is 9.97 Å². The van der Waals surface area contributed by atoms with Crippen molar-refractivity contribution in [3.8, 4) is 0 Å². The fourth-order valence-corrected chi connectivity index (χ4v) is 2.24. The van der Waals surface area contributed by atoms with Crippen molar-refractivity contribution in [2.24, 2.45) is 0 Å². The smallest absolute Gasteiger partial charge is 0.277 e. The highest BCUT2D eigenvalue weighted by molar-refractivity contribution is 7.11. The third-order valence-corrected chi connectivity index (χ3v) is 3.59. The summed E-state index contributed by atoms with van der Waals surface area (Å²) in [6, 6.07) is 0. The van der Waals surface area contributed by atoms with E-state index >= 15 is 0 Å². The van der Waals surface area contributed by atoms with Gasteiger partial charge in [-0.1, -0.05) is 13.2 Å². The molecule has 2 heterocycles. The number of nitrogens with one attached hydrogen (secondary N) is 2. The summed E-state index contributed by atoms with van der Waals surface area (Å²) in [6.07, 6.45) is 1.23. The molecule has 0 aliphatic rings. The fourth-order valence-electron chi connectivity index (χ4n) is 1.45. The van der Waals surface area contributed by atoms with Gasteiger partial charge in [0, 0.05) is 19.4 Å². The minimum absolute atomic E-state index is 0.0934. The zero-order chi connectivity index (χ0) is 16.3. The Morgan fingerprint density at radius 3 is 2.55 bits per heavy atom. The Balaban J connectivity index is 2.07. The van der Waals surface area contributed by atoms with Crippen LogP contribution in [0.3, 0.4) is 0 Å². The average Bonchev–Trinajstić information content (AvgIpc) is 3.15. The van der Waals surface area contributed by atoms with E-state index in [1.54, 1.807) is 12.4 Å². The Labute approximate surface area is 130 Å². The first-order chi connectivity index (χ1) is 10.4. The van der Waals surface area contributed by atoms with Crippen molar-refractivity contribution < 1.29 is 14.0 Å². The zero-order valence-electron chi connectivity index (χ0n) is 12.1. The van der Waals surface area contributed by atoms with E-state index in [-0.39, 0.29) is 17.4 Å². The summed E-state index contributed by atoms with van der Waals surface area (Å²) in [5.74, 6) is -0.400. The zero-order valence-corrected chi connectivity index (χ0v) is 12.9. The maximum Gasteiger partial charge on any atom is 0.277 e. The number of hydrogen-bond donors (Lipinski definition) is 2. The number of hydrogen-bond acceptors (Lipinski definition) is 7. The minimum Gasteiger partial charge on any atom is -0.443 e. The SMILES string of the molecule is C=C(NC)c1nc(C(=O)NC(=C)c2nc(C(C)=O)cs2)co1. The molecule has 8 heteroatoms. The summed E-state index contributed by atoms with van der Waals surface area (Å²) < 4.78 is 5.14. The Morgan fingerprint density at radius 1 is 1.23 bits per heavy atom. The summed E-state index contributed by atoms with van der Waals surface area (Å²) in [7, 11) is 1.67. The lowest BCUT2D eigenvalue weighted by molar-refractivity contribution is 0.0968. The quantitative estimate of drug-likeness (QED) is 0.790. The van der Waals surface area contributed by atoms with Crippen LogP contribution in [0.1, 0.15) is 38.8 Å². The number of thiazole rings is 1. The number of nitrogens with zero attached hydrogens (tertiary/aromatic N) is 2. The molecule has 7 nitrogen and oxygen atoms in total. The van der Waals surface area contributed by atoms with Crippen LogP contribution in [0.25, 0.3) is 11.4 Å². The van der Waals surface area contributed by atoms with Crippen molar-refractivity contribution >= 4 is 34.4 Å². The highest BCUT2D eigenvalue weighted by atomic mass is 32.1. The molecule has 0 aliphatic heterocycles. The van der Waals surface area contributed by atoms with Gasteiger partial charge in [0.2, 0.25) is 5.89 Å². The number of carbonyl (C=O) groups is 2. The Hall–Kier alpha value is -2.74. The van der Waals surface area contributed by atoms with E-state index in [0.717, 1.165) is 0 Å². The minimum atomic E-state index is -0.483. The van der Waals surface area contributed by atoms with E-state index in [4.69, 9.17) is 4.42 Å². The Kier molecular flexibility index (Phi) is 4.52. The van der Waals surface area contributed by atoms with Gasteiger partial charge in [0.15, 0.2) is 11.5 Å². The molecule has 2 N–H and O–H groups in total. The number of Topliss-reactive ketones (excluding diaryl/α,β-unsaturated/α-hetero) is 1. The topological polar surface area (TPSA) is 97.1 Å². The number of carbonyl (C=O) groups excluding carboxylic acids is 2. The molecule has 22 heavy (non-hydrogen) atoms. The van der Waals surface area contributed by atoms with Crippen LogP contribution in [-0.2, 0) is 0 Å². The van der Waals surface area contributed by atoms with Crippen LogP contribution >= 0.6 is 11.3 Å². The van der Waals surface area contributed by atoms with Crippen molar-refractivity contribution in [2.45, 2.75) is 6.92 Å². The standard InChI is InChI=1S/C14H14N4O3S/c1-7(15-4)13-17-10(5-21-13)12(20)16-8(2)14-18-11(6-22-14)9(3)19/h5-6,15H,1-2H2,3-4H3,(H,16,20). The summed E-state index contributed by atoms with van der Waals surface area (Å²) in [4.78, 5) is 31.4. The lowest BCUT2D eigenvalue weighted by atomic mass is 10.3. The van der Waals surface area contributed by atoms with Crippen molar-refractivity contribution in [2.75, 3.05) is 7.05 Å². The van der Waals surface area contributed by atoms with Crippen molar-refractivity contribution in [3.05, 3.63) is 47.1 Å². The van der Waals surface area contributed by atoms with Crippen LogP contribution in [0.5, 0.6) is 0 Å². The van der Waals surface area contributed by atoms with Gasteiger partial charge in [-0.15, -0.1) is 11.3 Å². The molecule has 0 fully saturated rings. The highest BCUT2D eigenvalue weighted by Gasteiger charge is 2.16. The summed E-state index contributed by atoms with van der Waals surface area (Å²) in [5.41, 5.74) is 1.18. The maximum absolute atomic E-state index is 12.1. The van der Waals surface area contributed by atoms with Gasteiger partial charge in [0.05, 0.1) is 11.4 Å². The van der Waals surface area contributed by atoms with Crippen LogP contribution < -0.4 is 10.6 Å². The summed E-state index contributed by atoms with van der Waals surface area (Å²) in [5, 5.41) is 7.41. The molecular weight excluding hydrogens is 304 g/mol. The molecule has 0 spiro atoms. The molecule has 114 valence electrons. The molecule has 0 saturated carbocycles. The second-order valence-corrected chi connectivity index (χ2v) is 5.15. The highest BCUT2D eigenvalue weighted by Crippen LogP contribution is 2.17. The molecule has 2 aromatic rings. The molecule has 1 amide bonds. The van der Waals surface area contributed by atoms with E-state index < -0.39 is 5.91 Å². The predicted octanol–water partition coefficient (Wildman–Crippen LogP) is 1.92. The lowest BCUT2D eigenvalue weighted by Crippen LogP contribution is -2.21. The van der Waals surface area contributed by atoms with Crippen LogP contribution in [-0.4, -0.2) is 28.7 Å². The molecule has 2 rings (SSSR count). The second kappa shape index (κ2) is 6.35. The van der Waals surface area contributed by atoms with E-state index in [1.807, 2.05) is 0 Å². The molecule has 0 atom stereocenters. The molecule has 0 unspecified atom stereocenters. The first-order valence-electron chi connectivity index (χ1n) is 6.22. The van der Waals surface area contributed by atoms with Crippen LogP contribution in [0, 0.1) is 0 Å². The van der Waals surface area contributed by atoms with Gasteiger partial charge < -0.3 is 15.1 Å². The van der Waals surface area contributed by atoms with Crippen molar-refractivity contribution in [3.63, 3.8) is 0 Å². The first kappa shape index (κ1) is 15.6. The number of rotatable bonds is 6. The number of aromatic nitrogens is 2. The largest absolute Gasteiger partial charge is 0.443 e. The van der Waals surface area contributed by atoms with Gasteiger partial charge >= 0.3 is 0 Å². The molecule has 0 aliphatic carbocycles. The Bertz CT molecular complexity index is 760. The number of ketones is 1. The van der Waals surface area contributed by atoms with E-state index in [0.29, 0.717) is 22.1 Å². The summed E-state index contributed by atoms with van der Waals surface area (Å²) >= 11 is 1.22. The third kappa shape index (κ3) is 3.29. The fraction of sp³-hybridized carbons (Fsp3) is 0.143. The van der Waals surface area contributed by atoms with Gasteiger partial charge in [0.25, 0.3) is 5.91 Å². The van der Waals surface area contributed by atoms with Gasteiger partial charge in [-0.05, 0) is 0 Å². The van der Waals surface area contributed by atoms with E-state index in [9.17, 15) is 9.59 Å². The van der Waals surface area contributed by atoms with Crippen LogP contribution in [0.4, 0.5) is 0 Å². The normalized spacial score (nSPS) is 10.1. The number of oxazole rings is 1. The van der Waals surface area contributed by atoms with Crippen LogP contribution in [0.15, 0.2) is 29.2 Å². The third-order valence-electron chi connectivity index (χ3n) is 2.68. The van der Waals surface area contributed by atoms with E-state index in [2.05, 4.69) is 33.8 Å². The molecule has 0 radical (unpaired) electrons. The van der Waals surface area contributed by atoms with E-state index in [1.165, 1.54) is 24.5 Å². The average molecular weight is 318 g/mol. The summed E-state index contributed by atoms with van der Waals surface area (Å²) in [6.45, 7) is 8.85. The Morgan fingerprint density at radius 2 is 1.95 bits per heavy atom. The molecule has 0 bridgehead atoms. The second-order valence-electron chi connectivity index (χ2n) is 4.29. The van der Waals surface area contributed by atoms with Gasteiger partial charge in [0.1, 0.15) is 17.0 Å². The number of amides is 1. The molecule has 0 saturated heterocycles. The van der Waals surface area contributed by atoms with Gasteiger partial charge in [-0.3, -0.25) is 9.59 Å². The maximum atomic E-state index is 12.1. The molecule has 2 aromatic heterocycles.